The Kier molecular flexibility index (Phi) is 4.11. The van der Waals surface area contributed by atoms with Gasteiger partial charge in [-0.2, -0.15) is 0 Å². The van der Waals surface area contributed by atoms with Gasteiger partial charge in [0.2, 0.25) is 0 Å². The summed E-state index contributed by atoms with van der Waals surface area (Å²) in [6, 6.07) is 15.3. The van der Waals surface area contributed by atoms with Crippen LogP contribution in [0.25, 0.3) is 0 Å². The summed E-state index contributed by atoms with van der Waals surface area (Å²) in [4.78, 5) is 14.2. The highest BCUT2D eigenvalue weighted by Gasteiger charge is 2.27. The van der Waals surface area contributed by atoms with Crippen molar-refractivity contribution in [1.82, 2.24) is 0 Å². The highest BCUT2D eigenvalue weighted by Crippen LogP contribution is 2.29. The number of halogens is 1. The molecule has 3 nitrogen and oxygen atoms in total. The number of alkyl halides is 1. The van der Waals surface area contributed by atoms with Crippen LogP contribution in [0.15, 0.2) is 48.5 Å². The van der Waals surface area contributed by atoms with Gasteiger partial charge in [-0.1, -0.05) is 18.2 Å². The monoisotopic (exact) mass is 301 g/mol. The smallest absolute Gasteiger partial charge is 0.258 e. The zero-order chi connectivity index (χ0) is 14.7. The Morgan fingerprint density at radius 2 is 1.86 bits per heavy atom. The van der Waals surface area contributed by atoms with Gasteiger partial charge in [0, 0.05) is 17.1 Å². The lowest BCUT2D eigenvalue weighted by Gasteiger charge is -2.16. The van der Waals surface area contributed by atoms with E-state index in [0.717, 1.165) is 29.0 Å². The molecular weight excluding hydrogens is 286 g/mol. The molecule has 108 valence electrons. The van der Waals surface area contributed by atoms with E-state index in [2.05, 4.69) is 0 Å². The maximum Gasteiger partial charge on any atom is 0.258 e. The van der Waals surface area contributed by atoms with Crippen molar-refractivity contribution in [3.63, 3.8) is 0 Å². The Bertz CT molecular complexity index is 639. The standard InChI is InChI=1S/C17H16ClNO2/c18-10-3-11-21-15-8-6-14(7-9-15)19-12-13-4-1-2-5-16(13)17(19)20/h1-2,4-9H,3,10-12H2. The number of anilines is 1. The van der Waals surface area contributed by atoms with Gasteiger partial charge in [-0.05, 0) is 42.3 Å². The first-order valence-corrected chi connectivity index (χ1v) is 7.51. The largest absolute Gasteiger partial charge is 0.494 e. The molecule has 2 aromatic carbocycles. The molecule has 0 fully saturated rings. The van der Waals surface area contributed by atoms with Crippen molar-refractivity contribution in [2.24, 2.45) is 0 Å². The van der Waals surface area contributed by atoms with Gasteiger partial charge in [0.05, 0.1) is 13.2 Å². The average Bonchev–Trinajstić information content (AvgIpc) is 2.86. The van der Waals surface area contributed by atoms with Gasteiger partial charge in [-0.3, -0.25) is 4.79 Å². The molecule has 1 aliphatic heterocycles. The molecule has 0 saturated carbocycles. The van der Waals surface area contributed by atoms with Crippen molar-refractivity contribution in [3.8, 4) is 5.75 Å². The molecule has 1 heterocycles. The molecule has 4 heteroatoms. The predicted molar refractivity (Wildman–Crippen MR) is 84.2 cm³/mol. The number of carbonyl (C=O) groups excluding carboxylic acids is 1. The summed E-state index contributed by atoms with van der Waals surface area (Å²) < 4.78 is 5.56. The molecule has 0 unspecified atom stereocenters. The summed E-state index contributed by atoms with van der Waals surface area (Å²) in [5, 5.41) is 0. The molecule has 0 spiro atoms. The fourth-order valence-corrected chi connectivity index (χ4v) is 2.54. The van der Waals surface area contributed by atoms with Crippen molar-refractivity contribution in [3.05, 3.63) is 59.7 Å². The summed E-state index contributed by atoms with van der Waals surface area (Å²) >= 11 is 5.62. The first-order valence-electron chi connectivity index (χ1n) is 6.98. The molecule has 1 aliphatic rings. The number of carbonyl (C=O) groups is 1. The van der Waals surface area contributed by atoms with Crippen molar-refractivity contribution in [1.29, 1.82) is 0 Å². The minimum Gasteiger partial charge on any atom is -0.494 e. The Morgan fingerprint density at radius 1 is 1.10 bits per heavy atom. The average molecular weight is 302 g/mol. The van der Waals surface area contributed by atoms with E-state index in [9.17, 15) is 4.79 Å². The van der Waals surface area contributed by atoms with Gasteiger partial charge in [0.15, 0.2) is 0 Å². The van der Waals surface area contributed by atoms with E-state index in [1.807, 2.05) is 48.5 Å². The third-order valence-electron chi connectivity index (χ3n) is 3.52. The molecule has 0 N–H and O–H groups in total. The fourth-order valence-electron chi connectivity index (χ4n) is 2.43. The SMILES string of the molecule is O=C1c2ccccc2CN1c1ccc(OCCCCl)cc1. The van der Waals surface area contributed by atoms with Crippen LogP contribution in [0.3, 0.4) is 0 Å². The molecule has 0 bridgehead atoms. The maximum atomic E-state index is 12.4. The number of hydrogen-bond donors (Lipinski definition) is 0. The molecule has 0 aliphatic carbocycles. The maximum absolute atomic E-state index is 12.4. The highest BCUT2D eigenvalue weighted by molar-refractivity contribution is 6.17. The number of hydrogen-bond acceptors (Lipinski definition) is 2. The molecule has 0 radical (unpaired) electrons. The molecule has 0 atom stereocenters. The Balaban J connectivity index is 1.73. The number of nitrogens with zero attached hydrogens (tertiary/aromatic N) is 1. The Hall–Kier alpha value is -2.00. The third kappa shape index (κ3) is 2.88. The van der Waals surface area contributed by atoms with E-state index in [0.29, 0.717) is 19.0 Å². The lowest BCUT2D eigenvalue weighted by Crippen LogP contribution is -2.22. The Morgan fingerprint density at radius 3 is 2.57 bits per heavy atom. The second kappa shape index (κ2) is 6.19. The van der Waals surface area contributed by atoms with Crippen molar-refractivity contribution >= 4 is 23.2 Å². The van der Waals surface area contributed by atoms with Crippen LogP contribution in [0.4, 0.5) is 5.69 Å². The number of ether oxygens (including phenoxy) is 1. The van der Waals surface area contributed by atoms with Crippen molar-refractivity contribution in [2.75, 3.05) is 17.4 Å². The van der Waals surface area contributed by atoms with E-state index in [1.54, 1.807) is 4.90 Å². The van der Waals surface area contributed by atoms with Crippen LogP contribution in [0.5, 0.6) is 5.75 Å². The van der Waals surface area contributed by atoms with Crippen LogP contribution < -0.4 is 9.64 Å². The molecular formula is C17H16ClNO2. The van der Waals surface area contributed by atoms with Crippen LogP contribution in [0.1, 0.15) is 22.3 Å². The van der Waals surface area contributed by atoms with Gasteiger partial charge in [0.25, 0.3) is 5.91 Å². The van der Waals surface area contributed by atoms with Gasteiger partial charge in [-0.15, -0.1) is 11.6 Å². The van der Waals surface area contributed by atoms with Gasteiger partial charge in [0.1, 0.15) is 5.75 Å². The molecule has 0 saturated heterocycles. The summed E-state index contributed by atoms with van der Waals surface area (Å²) in [6.07, 6.45) is 0.823. The van der Waals surface area contributed by atoms with E-state index in [-0.39, 0.29) is 5.91 Å². The van der Waals surface area contributed by atoms with Gasteiger partial charge >= 0.3 is 0 Å². The molecule has 2 aromatic rings. The molecule has 0 aromatic heterocycles. The summed E-state index contributed by atoms with van der Waals surface area (Å²) in [5.41, 5.74) is 2.76. The number of fused-ring (bicyclic) bond motifs is 1. The van der Waals surface area contributed by atoms with Crippen LogP contribution in [-0.2, 0) is 6.54 Å². The lowest BCUT2D eigenvalue weighted by atomic mass is 10.1. The third-order valence-corrected chi connectivity index (χ3v) is 3.78. The highest BCUT2D eigenvalue weighted by atomic mass is 35.5. The van der Waals surface area contributed by atoms with Crippen LogP contribution in [-0.4, -0.2) is 18.4 Å². The van der Waals surface area contributed by atoms with Crippen molar-refractivity contribution in [2.45, 2.75) is 13.0 Å². The van der Waals surface area contributed by atoms with Gasteiger partial charge < -0.3 is 9.64 Å². The van der Waals surface area contributed by atoms with Crippen LogP contribution in [0.2, 0.25) is 0 Å². The summed E-state index contributed by atoms with van der Waals surface area (Å²) in [6.45, 7) is 1.23. The molecule has 21 heavy (non-hydrogen) atoms. The first-order chi connectivity index (χ1) is 10.3. The topological polar surface area (TPSA) is 29.5 Å². The normalized spacial score (nSPS) is 13.4. The molecule has 1 amide bonds. The zero-order valence-electron chi connectivity index (χ0n) is 11.6. The van der Waals surface area contributed by atoms with Crippen LogP contribution in [0, 0.1) is 0 Å². The van der Waals surface area contributed by atoms with E-state index in [4.69, 9.17) is 16.3 Å². The minimum absolute atomic E-state index is 0.0569. The van der Waals surface area contributed by atoms with Gasteiger partial charge in [-0.25, -0.2) is 0 Å². The van der Waals surface area contributed by atoms with Crippen LogP contribution >= 0.6 is 11.6 Å². The predicted octanol–water partition coefficient (Wildman–Crippen LogP) is 3.85. The van der Waals surface area contributed by atoms with E-state index < -0.39 is 0 Å². The quantitative estimate of drug-likeness (QED) is 0.620. The number of benzene rings is 2. The van der Waals surface area contributed by atoms with Crippen molar-refractivity contribution < 1.29 is 9.53 Å². The second-order valence-electron chi connectivity index (χ2n) is 4.93. The lowest BCUT2D eigenvalue weighted by molar-refractivity contribution is 0.0996. The summed E-state index contributed by atoms with van der Waals surface area (Å²) in [7, 11) is 0. The first kappa shape index (κ1) is 14.0. The fraction of sp³-hybridized carbons (Fsp3) is 0.235. The Labute approximate surface area is 129 Å². The summed E-state index contributed by atoms with van der Waals surface area (Å²) in [5.74, 6) is 1.45. The van der Waals surface area contributed by atoms with E-state index in [1.165, 1.54) is 0 Å². The number of amides is 1. The zero-order valence-corrected chi connectivity index (χ0v) is 12.3. The second-order valence-corrected chi connectivity index (χ2v) is 5.31. The minimum atomic E-state index is 0.0569. The molecule has 3 rings (SSSR count). The van der Waals surface area contributed by atoms with E-state index >= 15 is 0 Å². The number of rotatable bonds is 5.